The van der Waals surface area contributed by atoms with Gasteiger partial charge in [0.15, 0.2) is 0 Å². The first-order valence-corrected chi connectivity index (χ1v) is 7.66. The van der Waals surface area contributed by atoms with Gasteiger partial charge >= 0.3 is 0 Å². The SMILES string of the molecule is CC(C)C(C)CC(=O)NCCCN1CCC(O)CC1. The molecule has 1 aliphatic heterocycles. The first-order valence-electron chi connectivity index (χ1n) is 7.66. The van der Waals surface area contributed by atoms with Gasteiger partial charge < -0.3 is 15.3 Å². The molecule has 1 aliphatic rings. The third kappa shape index (κ3) is 6.92. The number of hydrogen-bond donors (Lipinski definition) is 2. The number of carbonyl (C=O) groups is 1. The fourth-order valence-corrected chi connectivity index (χ4v) is 2.27. The van der Waals surface area contributed by atoms with E-state index in [1.165, 1.54) is 0 Å². The topological polar surface area (TPSA) is 52.6 Å². The number of piperidine rings is 1. The van der Waals surface area contributed by atoms with Crippen molar-refractivity contribution in [2.24, 2.45) is 11.8 Å². The summed E-state index contributed by atoms with van der Waals surface area (Å²) >= 11 is 0. The average Bonchev–Trinajstić information content (AvgIpc) is 2.36. The predicted octanol–water partition coefficient (Wildman–Crippen LogP) is 1.63. The van der Waals surface area contributed by atoms with Crippen LogP contribution in [-0.2, 0) is 4.79 Å². The van der Waals surface area contributed by atoms with E-state index < -0.39 is 0 Å². The molecule has 1 heterocycles. The maximum Gasteiger partial charge on any atom is 0.220 e. The van der Waals surface area contributed by atoms with Crippen LogP contribution < -0.4 is 5.32 Å². The molecule has 0 radical (unpaired) electrons. The van der Waals surface area contributed by atoms with E-state index in [4.69, 9.17) is 0 Å². The molecule has 1 unspecified atom stereocenters. The normalized spacial score (nSPS) is 19.6. The largest absolute Gasteiger partial charge is 0.393 e. The summed E-state index contributed by atoms with van der Waals surface area (Å²) in [5.74, 6) is 1.18. The Bertz CT molecular complexity index is 261. The van der Waals surface area contributed by atoms with Crippen LogP contribution in [-0.4, -0.2) is 48.2 Å². The molecule has 1 saturated heterocycles. The molecule has 0 bridgehead atoms. The van der Waals surface area contributed by atoms with Crippen LogP contribution in [0.25, 0.3) is 0 Å². The summed E-state index contributed by atoms with van der Waals surface area (Å²) in [4.78, 5) is 14.1. The summed E-state index contributed by atoms with van der Waals surface area (Å²) in [6.07, 6.45) is 3.30. The van der Waals surface area contributed by atoms with E-state index in [0.29, 0.717) is 18.3 Å². The van der Waals surface area contributed by atoms with Gasteiger partial charge in [-0.3, -0.25) is 4.79 Å². The predicted molar refractivity (Wildman–Crippen MR) is 77.9 cm³/mol. The molecule has 0 aromatic rings. The maximum absolute atomic E-state index is 11.7. The van der Waals surface area contributed by atoms with Crippen molar-refractivity contribution < 1.29 is 9.90 Å². The highest BCUT2D eigenvalue weighted by molar-refractivity contribution is 5.76. The van der Waals surface area contributed by atoms with Gasteiger partial charge in [-0.2, -0.15) is 0 Å². The first-order chi connectivity index (χ1) is 8.99. The van der Waals surface area contributed by atoms with E-state index in [-0.39, 0.29) is 12.0 Å². The number of nitrogens with zero attached hydrogens (tertiary/aromatic N) is 1. The van der Waals surface area contributed by atoms with Crippen LogP contribution in [0.1, 0.15) is 46.5 Å². The summed E-state index contributed by atoms with van der Waals surface area (Å²) in [7, 11) is 0. The van der Waals surface area contributed by atoms with Crippen molar-refractivity contribution in [1.29, 1.82) is 0 Å². The van der Waals surface area contributed by atoms with Crippen LogP contribution in [0.5, 0.6) is 0 Å². The second kappa shape index (κ2) is 8.54. The third-order valence-corrected chi connectivity index (χ3v) is 4.18. The lowest BCUT2D eigenvalue weighted by atomic mass is 9.94. The van der Waals surface area contributed by atoms with Crippen molar-refractivity contribution in [2.45, 2.75) is 52.6 Å². The number of carbonyl (C=O) groups excluding carboxylic acids is 1. The molecule has 1 amide bonds. The van der Waals surface area contributed by atoms with Gasteiger partial charge in [-0.05, 0) is 37.6 Å². The average molecular weight is 270 g/mol. The molecule has 0 aliphatic carbocycles. The summed E-state index contributed by atoms with van der Waals surface area (Å²) in [5.41, 5.74) is 0. The molecule has 4 heteroatoms. The number of likely N-dealkylation sites (tertiary alicyclic amines) is 1. The zero-order valence-corrected chi connectivity index (χ0v) is 12.7. The quantitative estimate of drug-likeness (QED) is 0.691. The Kier molecular flexibility index (Phi) is 7.39. The smallest absolute Gasteiger partial charge is 0.220 e. The minimum atomic E-state index is -0.103. The number of rotatable bonds is 7. The molecule has 4 nitrogen and oxygen atoms in total. The fraction of sp³-hybridized carbons (Fsp3) is 0.933. The highest BCUT2D eigenvalue weighted by Gasteiger charge is 2.16. The van der Waals surface area contributed by atoms with Gasteiger partial charge in [-0.15, -0.1) is 0 Å². The van der Waals surface area contributed by atoms with Gasteiger partial charge in [-0.1, -0.05) is 20.8 Å². The Labute approximate surface area is 117 Å². The summed E-state index contributed by atoms with van der Waals surface area (Å²) in [5, 5.41) is 12.4. The molecule has 2 N–H and O–H groups in total. The van der Waals surface area contributed by atoms with E-state index in [9.17, 15) is 9.90 Å². The standard InChI is InChI=1S/C15H30N2O2/c1-12(2)13(3)11-15(19)16-7-4-8-17-9-5-14(18)6-10-17/h12-14,18H,4-11H2,1-3H3,(H,16,19). The molecular formula is C15H30N2O2. The summed E-state index contributed by atoms with van der Waals surface area (Å²) in [6.45, 7) is 10.2. The molecule has 19 heavy (non-hydrogen) atoms. The molecule has 1 rings (SSSR count). The number of aliphatic hydroxyl groups excluding tert-OH is 1. The van der Waals surface area contributed by atoms with Gasteiger partial charge in [0.25, 0.3) is 0 Å². The number of nitrogens with one attached hydrogen (secondary N) is 1. The Balaban J connectivity index is 2.02. The van der Waals surface area contributed by atoms with Crippen LogP contribution in [0.3, 0.4) is 0 Å². The van der Waals surface area contributed by atoms with E-state index in [1.807, 2.05) is 0 Å². The minimum absolute atomic E-state index is 0.103. The zero-order chi connectivity index (χ0) is 14.3. The fourth-order valence-electron chi connectivity index (χ4n) is 2.27. The lowest BCUT2D eigenvalue weighted by Gasteiger charge is -2.29. The van der Waals surface area contributed by atoms with E-state index in [1.54, 1.807) is 0 Å². The Hall–Kier alpha value is -0.610. The van der Waals surface area contributed by atoms with Crippen molar-refractivity contribution in [3.63, 3.8) is 0 Å². The minimum Gasteiger partial charge on any atom is -0.393 e. The van der Waals surface area contributed by atoms with E-state index >= 15 is 0 Å². The van der Waals surface area contributed by atoms with E-state index in [0.717, 1.165) is 45.4 Å². The van der Waals surface area contributed by atoms with Crippen molar-refractivity contribution in [1.82, 2.24) is 10.2 Å². The van der Waals surface area contributed by atoms with Gasteiger partial charge in [0.2, 0.25) is 5.91 Å². The van der Waals surface area contributed by atoms with Crippen molar-refractivity contribution >= 4 is 5.91 Å². The van der Waals surface area contributed by atoms with Gasteiger partial charge in [-0.25, -0.2) is 0 Å². The lowest BCUT2D eigenvalue weighted by molar-refractivity contribution is -0.122. The molecule has 1 atom stereocenters. The molecule has 0 saturated carbocycles. The van der Waals surface area contributed by atoms with Crippen LogP contribution in [0.4, 0.5) is 0 Å². The second-order valence-corrected chi connectivity index (χ2v) is 6.20. The van der Waals surface area contributed by atoms with Crippen LogP contribution in [0, 0.1) is 11.8 Å². The van der Waals surface area contributed by atoms with Crippen LogP contribution in [0.2, 0.25) is 0 Å². The summed E-state index contributed by atoms with van der Waals surface area (Å²) in [6, 6.07) is 0. The molecule has 0 spiro atoms. The molecular weight excluding hydrogens is 240 g/mol. The van der Waals surface area contributed by atoms with Gasteiger partial charge in [0.1, 0.15) is 0 Å². The maximum atomic E-state index is 11.7. The highest BCUT2D eigenvalue weighted by atomic mass is 16.3. The van der Waals surface area contributed by atoms with Gasteiger partial charge in [0.05, 0.1) is 6.10 Å². The molecule has 0 aromatic carbocycles. The third-order valence-electron chi connectivity index (χ3n) is 4.18. The Morgan fingerprint density at radius 3 is 2.53 bits per heavy atom. The van der Waals surface area contributed by atoms with Crippen molar-refractivity contribution in [3.05, 3.63) is 0 Å². The molecule has 112 valence electrons. The number of aliphatic hydroxyl groups is 1. The highest BCUT2D eigenvalue weighted by Crippen LogP contribution is 2.13. The second-order valence-electron chi connectivity index (χ2n) is 6.20. The molecule has 1 fully saturated rings. The Morgan fingerprint density at radius 2 is 1.95 bits per heavy atom. The van der Waals surface area contributed by atoms with Crippen molar-refractivity contribution in [3.8, 4) is 0 Å². The zero-order valence-electron chi connectivity index (χ0n) is 12.7. The monoisotopic (exact) mass is 270 g/mol. The lowest BCUT2D eigenvalue weighted by Crippen LogP contribution is -2.37. The van der Waals surface area contributed by atoms with Crippen LogP contribution in [0.15, 0.2) is 0 Å². The number of amides is 1. The van der Waals surface area contributed by atoms with Gasteiger partial charge in [0, 0.05) is 26.1 Å². The van der Waals surface area contributed by atoms with E-state index in [2.05, 4.69) is 31.0 Å². The summed E-state index contributed by atoms with van der Waals surface area (Å²) < 4.78 is 0. The number of hydrogen-bond acceptors (Lipinski definition) is 3. The van der Waals surface area contributed by atoms with Crippen LogP contribution >= 0.6 is 0 Å². The molecule has 0 aromatic heterocycles. The van der Waals surface area contributed by atoms with Crippen molar-refractivity contribution in [2.75, 3.05) is 26.2 Å². The Morgan fingerprint density at radius 1 is 1.32 bits per heavy atom. The first kappa shape index (κ1) is 16.4.